The van der Waals surface area contributed by atoms with Crippen molar-refractivity contribution in [3.63, 3.8) is 0 Å². The molecule has 26 heavy (non-hydrogen) atoms. The highest BCUT2D eigenvalue weighted by atomic mass is 35.5. The molecule has 3 rings (SSSR count). The van der Waals surface area contributed by atoms with Gasteiger partial charge in [-0.25, -0.2) is 9.38 Å². The maximum absolute atomic E-state index is 13.4. The molecule has 5 nitrogen and oxygen atoms in total. The first-order chi connectivity index (χ1) is 12.5. The van der Waals surface area contributed by atoms with Gasteiger partial charge in [0.25, 0.3) is 0 Å². The van der Waals surface area contributed by atoms with Crippen LogP contribution in [0.3, 0.4) is 0 Å². The summed E-state index contributed by atoms with van der Waals surface area (Å²) < 4.78 is 14.5. The number of aliphatic imine (C=N–C) groups is 1. The van der Waals surface area contributed by atoms with Crippen molar-refractivity contribution in [2.75, 3.05) is 38.0 Å². The predicted octanol–water partition coefficient (Wildman–Crippen LogP) is 4.08. The molecule has 2 aliphatic rings. The van der Waals surface area contributed by atoms with Gasteiger partial charge in [-0.2, -0.15) is 5.10 Å². The number of amidine groups is 1. The third-order valence-corrected chi connectivity index (χ3v) is 5.83. The van der Waals surface area contributed by atoms with Crippen LogP contribution in [0.5, 0.6) is 0 Å². The minimum Gasteiger partial charge on any atom is -0.338 e. The zero-order valence-corrected chi connectivity index (χ0v) is 16.4. The van der Waals surface area contributed by atoms with Crippen molar-refractivity contribution >= 4 is 29.5 Å². The summed E-state index contributed by atoms with van der Waals surface area (Å²) in [5.74, 6) is 0.319. The SMILES string of the molecule is CC[N+](CC)(CC)CC1=C2C(Nc3ccc(F)c(Cl)c3)=NC=NN2CC1. The number of nitrogens with zero attached hydrogens (tertiary/aromatic N) is 4. The van der Waals surface area contributed by atoms with E-state index in [0.717, 1.165) is 55.2 Å². The topological polar surface area (TPSA) is 40.0 Å². The molecule has 7 heteroatoms. The number of hydrogen-bond acceptors (Lipinski definition) is 4. The van der Waals surface area contributed by atoms with Crippen molar-refractivity contribution in [1.82, 2.24) is 5.01 Å². The molecule has 1 N–H and O–H groups in total. The molecule has 0 radical (unpaired) electrons. The lowest BCUT2D eigenvalue weighted by Gasteiger charge is -2.36. The number of benzene rings is 1. The van der Waals surface area contributed by atoms with E-state index in [1.807, 2.05) is 5.01 Å². The molecule has 0 spiro atoms. The summed E-state index contributed by atoms with van der Waals surface area (Å²) in [6.45, 7) is 11.9. The smallest absolute Gasteiger partial charge is 0.158 e. The Labute approximate surface area is 159 Å². The van der Waals surface area contributed by atoms with Crippen LogP contribution in [0.25, 0.3) is 0 Å². The molecule has 0 amide bonds. The van der Waals surface area contributed by atoms with Gasteiger partial charge in [0.1, 0.15) is 24.4 Å². The van der Waals surface area contributed by atoms with E-state index in [-0.39, 0.29) is 5.02 Å². The van der Waals surface area contributed by atoms with Gasteiger partial charge in [-0.3, -0.25) is 5.01 Å². The van der Waals surface area contributed by atoms with Crippen molar-refractivity contribution in [2.45, 2.75) is 27.2 Å². The predicted molar refractivity (Wildman–Crippen MR) is 106 cm³/mol. The van der Waals surface area contributed by atoms with Gasteiger partial charge in [0, 0.05) is 17.8 Å². The molecule has 0 atom stereocenters. The number of fused-ring (bicyclic) bond motifs is 1. The van der Waals surface area contributed by atoms with Crippen LogP contribution < -0.4 is 5.32 Å². The zero-order chi connectivity index (χ0) is 18.7. The third kappa shape index (κ3) is 3.62. The largest absolute Gasteiger partial charge is 0.338 e. The Bertz CT molecular complexity index is 759. The molecule has 1 aromatic rings. The highest BCUT2D eigenvalue weighted by molar-refractivity contribution is 6.31. The van der Waals surface area contributed by atoms with Gasteiger partial charge in [0.2, 0.25) is 0 Å². The Kier molecular flexibility index (Phi) is 5.63. The van der Waals surface area contributed by atoms with Gasteiger partial charge in [-0.05, 0) is 45.4 Å². The second kappa shape index (κ2) is 7.76. The first kappa shape index (κ1) is 18.9. The van der Waals surface area contributed by atoms with E-state index in [2.05, 4.69) is 36.2 Å². The molecule has 2 heterocycles. The van der Waals surface area contributed by atoms with Gasteiger partial charge in [-0.15, -0.1) is 0 Å². The summed E-state index contributed by atoms with van der Waals surface area (Å²) >= 11 is 5.91. The van der Waals surface area contributed by atoms with Gasteiger partial charge < -0.3 is 9.80 Å². The molecule has 0 bridgehead atoms. The van der Waals surface area contributed by atoms with E-state index >= 15 is 0 Å². The molecule has 0 aliphatic carbocycles. The zero-order valence-electron chi connectivity index (χ0n) is 15.6. The molecule has 0 saturated carbocycles. The summed E-state index contributed by atoms with van der Waals surface area (Å²) in [6.07, 6.45) is 2.54. The average Bonchev–Trinajstić information content (AvgIpc) is 3.07. The van der Waals surface area contributed by atoms with E-state index in [0.29, 0.717) is 5.69 Å². The van der Waals surface area contributed by atoms with Gasteiger partial charge in [-0.1, -0.05) is 11.6 Å². The number of nitrogens with one attached hydrogen (secondary N) is 1. The van der Waals surface area contributed by atoms with E-state index in [1.54, 1.807) is 18.5 Å². The fraction of sp³-hybridized carbons (Fsp3) is 0.474. The molecule has 140 valence electrons. The van der Waals surface area contributed by atoms with Crippen molar-refractivity contribution in [3.05, 3.63) is 40.3 Å². The quantitative estimate of drug-likeness (QED) is 0.757. The normalized spacial score (nSPS) is 16.8. The Morgan fingerprint density at radius 3 is 2.62 bits per heavy atom. The Morgan fingerprint density at radius 1 is 1.23 bits per heavy atom. The van der Waals surface area contributed by atoms with Crippen LogP contribution in [-0.4, -0.2) is 54.4 Å². The van der Waals surface area contributed by atoms with Crippen molar-refractivity contribution in [1.29, 1.82) is 0 Å². The summed E-state index contributed by atoms with van der Waals surface area (Å²) in [7, 11) is 0. The average molecular weight is 379 g/mol. The molecule has 0 unspecified atom stereocenters. The number of hydrogen-bond donors (Lipinski definition) is 1. The molecule has 0 fully saturated rings. The fourth-order valence-electron chi connectivity index (χ4n) is 3.63. The minimum absolute atomic E-state index is 0.0937. The van der Waals surface area contributed by atoms with Gasteiger partial charge in [0.05, 0.1) is 24.7 Å². The molecular weight excluding hydrogens is 353 g/mol. The lowest BCUT2D eigenvalue weighted by atomic mass is 10.1. The van der Waals surface area contributed by atoms with Crippen LogP contribution in [0.4, 0.5) is 10.1 Å². The summed E-state index contributed by atoms with van der Waals surface area (Å²) in [5.41, 5.74) is 3.13. The minimum atomic E-state index is -0.428. The second-order valence-corrected chi connectivity index (χ2v) is 7.14. The lowest BCUT2D eigenvalue weighted by molar-refractivity contribution is -0.918. The molecule has 0 saturated heterocycles. The standard InChI is InChI=1S/C19H26ClFN5/c1-4-26(5-2,6-3)12-14-9-10-25-18(14)19(22-13-23-25)24-15-7-8-17(21)16(20)11-15/h7-8,11,13H,4-6,9-10,12H2,1-3H3,(H,22,23,24)/q+1. The van der Waals surface area contributed by atoms with Crippen LogP contribution in [-0.2, 0) is 0 Å². The van der Waals surface area contributed by atoms with Crippen LogP contribution >= 0.6 is 11.6 Å². The van der Waals surface area contributed by atoms with E-state index in [4.69, 9.17) is 11.6 Å². The van der Waals surface area contributed by atoms with E-state index < -0.39 is 5.82 Å². The molecular formula is C19H26ClFN5+. The van der Waals surface area contributed by atoms with Crippen LogP contribution in [0.15, 0.2) is 39.6 Å². The monoisotopic (exact) mass is 378 g/mol. The van der Waals surface area contributed by atoms with Crippen LogP contribution in [0, 0.1) is 5.82 Å². The van der Waals surface area contributed by atoms with E-state index in [9.17, 15) is 4.39 Å². The molecule has 0 aromatic heterocycles. The second-order valence-electron chi connectivity index (χ2n) is 6.74. The Balaban J connectivity index is 1.90. The highest BCUT2D eigenvalue weighted by Gasteiger charge is 2.33. The number of likely N-dealkylation sites (N-methyl/N-ethyl adjacent to an activating group) is 1. The van der Waals surface area contributed by atoms with Crippen LogP contribution in [0.1, 0.15) is 27.2 Å². The highest BCUT2D eigenvalue weighted by Crippen LogP contribution is 2.30. The van der Waals surface area contributed by atoms with Gasteiger partial charge in [0.15, 0.2) is 5.84 Å². The number of rotatable bonds is 6. The fourth-order valence-corrected chi connectivity index (χ4v) is 3.81. The third-order valence-electron chi connectivity index (χ3n) is 5.54. The molecule has 1 aromatic carbocycles. The number of hydrazone groups is 1. The summed E-state index contributed by atoms with van der Waals surface area (Å²) in [5, 5.41) is 9.79. The van der Waals surface area contributed by atoms with Crippen molar-refractivity contribution in [3.8, 4) is 0 Å². The van der Waals surface area contributed by atoms with E-state index in [1.165, 1.54) is 11.6 Å². The first-order valence-corrected chi connectivity index (χ1v) is 9.57. The number of anilines is 1. The Hall–Kier alpha value is -1.92. The maximum atomic E-state index is 13.4. The molecule has 2 aliphatic heterocycles. The van der Waals surface area contributed by atoms with Crippen molar-refractivity contribution < 1.29 is 8.87 Å². The maximum Gasteiger partial charge on any atom is 0.158 e. The van der Waals surface area contributed by atoms with Crippen LogP contribution in [0.2, 0.25) is 5.02 Å². The summed E-state index contributed by atoms with van der Waals surface area (Å²) in [6, 6.07) is 4.60. The van der Waals surface area contributed by atoms with Crippen molar-refractivity contribution in [2.24, 2.45) is 10.1 Å². The van der Waals surface area contributed by atoms with Gasteiger partial charge >= 0.3 is 0 Å². The Morgan fingerprint density at radius 2 is 1.96 bits per heavy atom. The lowest BCUT2D eigenvalue weighted by Crippen LogP contribution is -2.49. The summed E-state index contributed by atoms with van der Waals surface area (Å²) in [4.78, 5) is 4.45. The number of halogens is 2. The number of quaternary nitrogens is 1. The first-order valence-electron chi connectivity index (χ1n) is 9.19.